The van der Waals surface area contributed by atoms with Gasteiger partial charge in [-0.3, -0.25) is 4.79 Å². The van der Waals surface area contributed by atoms with Gasteiger partial charge in [0.2, 0.25) is 11.2 Å². The molecule has 0 bridgehead atoms. The summed E-state index contributed by atoms with van der Waals surface area (Å²) < 4.78 is 10.6. The summed E-state index contributed by atoms with van der Waals surface area (Å²) in [5, 5.41) is 12.4. The van der Waals surface area contributed by atoms with Crippen molar-refractivity contribution in [2.24, 2.45) is 0 Å². The van der Waals surface area contributed by atoms with Gasteiger partial charge in [0, 0.05) is 12.5 Å². The van der Waals surface area contributed by atoms with E-state index in [1.165, 1.54) is 55.2 Å². The van der Waals surface area contributed by atoms with E-state index in [0.717, 1.165) is 5.13 Å². The van der Waals surface area contributed by atoms with Crippen LogP contribution in [0.25, 0.3) is 0 Å². The van der Waals surface area contributed by atoms with Gasteiger partial charge < -0.3 is 14.8 Å². The van der Waals surface area contributed by atoms with E-state index in [0.29, 0.717) is 23.4 Å². The number of hydrogen-bond donors (Lipinski definition) is 1. The predicted molar refractivity (Wildman–Crippen MR) is 86.6 cm³/mol. The smallest absolute Gasteiger partial charge is 0.347 e. The van der Waals surface area contributed by atoms with Crippen LogP contribution in [0.1, 0.15) is 38.5 Å². The summed E-state index contributed by atoms with van der Waals surface area (Å²) >= 11 is 2.72. The number of cyclic esters (lactones) is 1. The monoisotopic (exact) mass is 357 g/mol. The number of nitrogens with zero attached hydrogens (tertiary/aromatic N) is 2. The topological polar surface area (TPSA) is 90.4 Å². The second-order valence-corrected chi connectivity index (χ2v) is 7.78. The Balaban J connectivity index is 1.41. The predicted octanol–water partition coefficient (Wildman–Crippen LogP) is 2.23. The van der Waals surface area contributed by atoms with Crippen molar-refractivity contribution in [2.45, 2.75) is 55.0 Å². The van der Waals surface area contributed by atoms with E-state index >= 15 is 0 Å². The first-order valence-corrected chi connectivity index (χ1v) is 9.60. The molecule has 0 amide bonds. The van der Waals surface area contributed by atoms with Crippen molar-refractivity contribution >= 4 is 40.2 Å². The van der Waals surface area contributed by atoms with Crippen LogP contribution in [-0.4, -0.2) is 46.6 Å². The van der Waals surface area contributed by atoms with E-state index in [-0.39, 0.29) is 5.75 Å². The summed E-state index contributed by atoms with van der Waals surface area (Å²) in [4.78, 5) is 23.0. The van der Waals surface area contributed by atoms with Crippen LogP contribution < -0.4 is 5.32 Å². The number of nitrogens with one attached hydrogen (secondary N) is 1. The van der Waals surface area contributed by atoms with Crippen molar-refractivity contribution in [2.75, 3.05) is 17.7 Å². The minimum atomic E-state index is -0.749. The summed E-state index contributed by atoms with van der Waals surface area (Å²) in [5.74, 6) is -0.781. The second kappa shape index (κ2) is 7.96. The number of aromatic nitrogens is 2. The molecule has 0 spiro atoms. The highest BCUT2D eigenvalue weighted by Crippen LogP contribution is 2.28. The van der Waals surface area contributed by atoms with E-state index in [9.17, 15) is 9.59 Å². The average Bonchev–Trinajstić information content (AvgIpc) is 3.16. The molecule has 1 aliphatic carbocycles. The first-order chi connectivity index (χ1) is 11.2. The molecule has 0 radical (unpaired) electrons. The van der Waals surface area contributed by atoms with Gasteiger partial charge >= 0.3 is 11.9 Å². The second-order valence-electron chi connectivity index (χ2n) is 5.58. The highest BCUT2D eigenvalue weighted by atomic mass is 32.2. The fourth-order valence-electron chi connectivity index (χ4n) is 2.65. The number of ether oxygens (including phenoxy) is 2. The van der Waals surface area contributed by atoms with Crippen LogP contribution in [0.5, 0.6) is 0 Å². The average molecular weight is 357 g/mol. The maximum Gasteiger partial charge on any atom is 0.347 e. The highest BCUT2D eigenvalue weighted by molar-refractivity contribution is 8.01. The van der Waals surface area contributed by atoms with Crippen molar-refractivity contribution in [3.63, 3.8) is 0 Å². The van der Waals surface area contributed by atoms with Crippen LogP contribution in [0.3, 0.4) is 0 Å². The summed E-state index contributed by atoms with van der Waals surface area (Å²) in [6, 6.07) is 0.480. The van der Waals surface area contributed by atoms with Crippen molar-refractivity contribution in [1.82, 2.24) is 10.2 Å². The first-order valence-electron chi connectivity index (χ1n) is 7.79. The standard InChI is InChI=1S/C14H19N3O4S2/c18-11(21-10-6-7-20-12(10)19)8-22-14-17-16-13(23-14)15-9-4-2-1-3-5-9/h9-10H,1-8H2,(H,15,16)/t10-/m0/s1. The lowest BCUT2D eigenvalue weighted by Gasteiger charge is -2.21. The lowest BCUT2D eigenvalue weighted by Crippen LogP contribution is -2.23. The fourth-order valence-corrected chi connectivity index (χ4v) is 4.26. The van der Waals surface area contributed by atoms with Gasteiger partial charge in [-0.25, -0.2) is 4.79 Å². The number of carbonyl (C=O) groups is 2. The quantitative estimate of drug-likeness (QED) is 0.612. The maximum atomic E-state index is 11.7. The fraction of sp³-hybridized carbons (Fsp3) is 0.714. The van der Waals surface area contributed by atoms with Crippen LogP contribution in [0, 0.1) is 0 Å². The normalized spacial score (nSPS) is 21.9. The van der Waals surface area contributed by atoms with Crippen LogP contribution >= 0.6 is 23.1 Å². The first kappa shape index (κ1) is 16.5. The van der Waals surface area contributed by atoms with Gasteiger partial charge in [-0.1, -0.05) is 42.4 Å². The van der Waals surface area contributed by atoms with Crippen LogP contribution in [-0.2, 0) is 19.1 Å². The third-order valence-electron chi connectivity index (χ3n) is 3.81. The van der Waals surface area contributed by atoms with Crippen molar-refractivity contribution in [3.8, 4) is 0 Å². The molecule has 1 saturated carbocycles. The minimum Gasteiger partial charge on any atom is -0.463 e. The molecule has 1 saturated heterocycles. The Bertz CT molecular complexity index is 560. The molecule has 2 fully saturated rings. The zero-order valence-electron chi connectivity index (χ0n) is 12.7. The van der Waals surface area contributed by atoms with E-state index in [4.69, 9.17) is 9.47 Å². The molecule has 1 N–H and O–H groups in total. The largest absolute Gasteiger partial charge is 0.463 e. The molecule has 23 heavy (non-hydrogen) atoms. The maximum absolute atomic E-state index is 11.7. The van der Waals surface area contributed by atoms with E-state index < -0.39 is 18.0 Å². The van der Waals surface area contributed by atoms with Crippen LogP contribution in [0.4, 0.5) is 5.13 Å². The van der Waals surface area contributed by atoms with Gasteiger partial charge in [0.1, 0.15) is 0 Å². The molecule has 1 aliphatic heterocycles. The molecule has 2 heterocycles. The number of hydrogen-bond acceptors (Lipinski definition) is 9. The number of anilines is 1. The molecule has 9 heteroatoms. The summed E-state index contributed by atoms with van der Waals surface area (Å²) in [6.45, 7) is 0.316. The number of carbonyl (C=O) groups excluding carboxylic acids is 2. The third-order valence-corrected chi connectivity index (χ3v) is 5.77. The molecule has 126 valence electrons. The Kier molecular flexibility index (Phi) is 5.71. The molecular weight excluding hydrogens is 338 g/mol. The molecule has 0 aromatic carbocycles. The van der Waals surface area contributed by atoms with Gasteiger partial charge in [0.25, 0.3) is 0 Å². The SMILES string of the molecule is O=C(CSc1nnc(NC2CCCCC2)s1)O[C@H]1CCOC1=O. The molecule has 1 atom stereocenters. The van der Waals surface area contributed by atoms with E-state index in [2.05, 4.69) is 15.5 Å². The molecule has 1 aromatic rings. The van der Waals surface area contributed by atoms with Crippen molar-refractivity contribution in [1.29, 1.82) is 0 Å². The van der Waals surface area contributed by atoms with Gasteiger partial charge in [0.05, 0.1) is 12.4 Å². The molecule has 7 nitrogen and oxygen atoms in total. The van der Waals surface area contributed by atoms with Gasteiger partial charge in [-0.05, 0) is 12.8 Å². The molecule has 2 aliphatic rings. The Morgan fingerprint density at radius 2 is 2.13 bits per heavy atom. The van der Waals surface area contributed by atoms with Gasteiger partial charge in [-0.2, -0.15) is 0 Å². The Morgan fingerprint density at radius 3 is 2.87 bits per heavy atom. The minimum absolute atomic E-state index is 0.113. The Morgan fingerprint density at radius 1 is 1.30 bits per heavy atom. The molecular formula is C14H19N3O4S2. The van der Waals surface area contributed by atoms with E-state index in [1.54, 1.807) is 0 Å². The van der Waals surface area contributed by atoms with Crippen molar-refractivity contribution in [3.05, 3.63) is 0 Å². The zero-order valence-corrected chi connectivity index (χ0v) is 14.3. The van der Waals surface area contributed by atoms with E-state index in [1.807, 2.05) is 0 Å². The lowest BCUT2D eigenvalue weighted by atomic mass is 9.96. The summed E-state index contributed by atoms with van der Waals surface area (Å²) in [7, 11) is 0. The number of rotatable bonds is 6. The molecule has 1 aromatic heterocycles. The van der Waals surface area contributed by atoms with Gasteiger partial charge in [-0.15, -0.1) is 10.2 Å². The summed E-state index contributed by atoms with van der Waals surface area (Å²) in [5.41, 5.74) is 0. The molecule has 3 rings (SSSR count). The van der Waals surface area contributed by atoms with Crippen LogP contribution in [0.2, 0.25) is 0 Å². The zero-order chi connectivity index (χ0) is 16.1. The van der Waals surface area contributed by atoms with Crippen molar-refractivity contribution < 1.29 is 19.1 Å². The number of esters is 2. The summed E-state index contributed by atoms with van der Waals surface area (Å²) in [6.07, 6.45) is 5.86. The third kappa shape index (κ3) is 4.81. The Labute approximate surface area is 142 Å². The highest BCUT2D eigenvalue weighted by Gasteiger charge is 2.30. The number of thioether (sulfide) groups is 1. The Hall–Kier alpha value is -1.35. The lowest BCUT2D eigenvalue weighted by molar-refractivity contribution is -0.158. The van der Waals surface area contributed by atoms with Crippen LogP contribution in [0.15, 0.2) is 4.34 Å². The molecule has 0 unspecified atom stereocenters. The van der Waals surface area contributed by atoms with Gasteiger partial charge in [0.15, 0.2) is 4.34 Å².